The Balaban J connectivity index is 1.54. The first-order valence-corrected chi connectivity index (χ1v) is 10.1. The molecule has 1 amide bonds. The normalized spacial score (nSPS) is 10.6. The number of carbonyl (C=O) groups is 1. The van der Waals surface area contributed by atoms with Gasteiger partial charge in [0.05, 0.1) is 9.90 Å². The number of nitrogens with one attached hydrogen (secondary N) is 3. The monoisotopic (exact) mass is 435 g/mol. The second-order valence-corrected chi connectivity index (χ2v) is 8.42. The summed E-state index contributed by atoms with van der Waals surface area (Å²) in [7, 11) is 0. The maximum absolute atomic E-state index is 12.1. The van der Waals surface area contributed by atoms with E-state index < -0.39 is 0 Å². The van der Waals surface area contributed by atoms with Crippen LogP contribution < -0.4 is 16.0 Å². The number of amides is 1. The molecule has 0 spiro atoms. The van der Waals surface area contributed by atoms with E-state index in [0.717, 1.165) is 11.4 Å². The molecular weight excluding hydrogens is 417 g/mol. The Morgan fingerprint density at radius 1 is 1.07 bits per heavy atom. The van der Waals surface area contributed by atoms with E-state index in [1.807, 2.05) is 44.2 Å². The fourth-order valence-corrected chi connectivity index (χ4v) is 3.90. The third-order valence-electron chi connectivity index (χ3n) is 3.77. The van der Waals surface area contributed by atoms with E-state index in [-0.39, 0.29) is 5.91 Å². The van der Waals surface area contributed by atoms with E-state index in [1.54, 1.807) is 6.07 Å². The predicted molar refractivity (Wildman–Crippen MR) is 116 cm³/mol. The summed E-state index contributed by atoms with van der Waals surface area (Å²) in [6, 6.07) is 11.5. The topological polar surface area (TPSA) is 78.9 Å². The maximum Gasteiger partial charge on any atom is 0.253 e. The van der Waals surface area contributed by atoms with E-state index in [1.165, 1.54) is 16.9 Å². The first kappa shape index (κ1) is 20.4. The Hall–Kier alpha value is -2.35. The van der Waals surface area contributed by atoms with Gasteiger partial charge < -0.3 is 16.0 Å². The lowest BCUT2D eigenvalue weighted by atomic mass is 10.2. The molecule has 0 saturated carbocycles. The van der Waals surface area contributed by atoms with Crippen LogP contribution in [0.25, 0.3) is 0 Å². The van der Waals surface area contributed by atoms with Crippen LogP contribution in [0.15, 0.2) is 36.4 Å². The zero-order chi connectivity index (χ0) is 20.1. The minimum atomic E-state index is -0.262. The zero-order valence-electron chi connectivity index (χ0n) is 15.3. The molecule has 0 unspecified atom stereocenters. The third-order valence-corrected chi connectivity index (χ3v) is 5.26. The number of benzene rings is 1. The minimum absolute atomic E-state index is 0.262. The van der Waals surface area contributed by atoms with Gasteiger partial charge in [-0.2, -0.15) is 4.98 Å². The van der Waals surface area contributed by atoms with Crippen molar-refractivity contribution < 1.29 is 4.79 Å². The van der Waals surface area contributed by atoms with Crippen molar-refractivity contribution in [3.05, 3.63) is 61.9 Å². The van der Waals surface area contributed by atoms with Gasteiger partial charge in [-0.1, -0.05) is 40.9 Å². The minimum Gasteiger partial charge on any atom is -0.352 e. The largest absolute Gasteiger partial charge is 0.352 e. The summed E-state index contributed by atoms with van der Waals surface area (Å²) < 4.78 is 0.861. The number of carbonyl (C=O) groups excluding carboxylic acids is 1. The van der Waals surface area contributed by atoms with Gasteiger partial charge in [0.25, 0.3) is 5.91 Å². The van der Waals surface area contributed by atoms with Crippen molar-refractivity contribution >= 4 is 57.9 Å². The van der Waals surface area contributed by atoms with Gasteiger partial charge in [0.2, 0.25) is 5.95 Å². The highest BCUT2D eigenvalue weighted by Crippen LogP contribution is 2.30. The van der Waals surface area contributed by atoms with Crippen molar-refractivity contribution in [3.8, 4) is 0 Å². The number of aromatic nitrogens is 2. The first-order valence-electron chi connectivity index (χ1n) is 8.57. The van der Waals surface area contributed by atoms with Gasteiger partial charge in [0, 0.05) is 30.5 Å². The molecule has 2 aromatic heterocycles. The van der Waals surface area contributed by atoms with Gasteiger partial charge in [0.15, 0.2) is 0 Å². The molecule has 3 aromatic rings. The zero-order valence-corrected chi connectivity index (χ0v) is 17.7. The third kappa shape index (κ3) is 5.58. The number of rotatable bonds is 7. The molecule has 0 aliphatic heterocycles. The van der Waals surface area contributed by atoms with Crippen molar-refractivity contribution in [1.29, 1.82) is 0 Å². The van der Waals surface area contributed by atoms with E-state index in [4.69, 9.17) is 23.2 Å². The van der Waals surface area contributed by atoms with Crippen LogP contribution in [0.5, 0.6) is 0 Å². The van der Waals surface area contributed by atoms with Crippen molar-refractivity contribution in [1.82, 2.24) is 15.3 Å². The highest BCUT2D eigenvalue weighted by molar-refractivity contribution is 7.20. The first-order chi connectivity index (χ1) is 13.4. The molecule has 2 heterocycles. The molecule has 1 aromatic carbocycles. The van der Waals surface area contributed by atoms with Crippen LogP contribution in [0.2, 0.25) is 8.67 Å². The van der Waals surface area contributed by atoms with Gasteiger partial charge in [-0.05, 0) is 32.0 Å². The summed E-state index contributed by atoms with van der Waals surface area (Å²) in [5, 5.41) is 9.17. The second-order valence-electron chi connectivity index (χ2n) is 6.13. The number of hydrogen-bond donors (Lipinski definition) is 3. The van der Waals surface area contributed by atoms with Crippen LogP contribution in [0, 0.1) is 13.8 Å². The molecule has 146 valence electrons. The van der Waals surface area contributed by atoms with Crippen LogP contribution in [-0.2, 0) is 0 Å². The molecule has 0 aliphatic rings. The van der Waals surface area contributed by atoms with E-state index in [0.29, 0.717) is 39.1 Å². The summed E-state index contributed by atoms with van der Waals surface area (Å²) in [6.45, 7) is 4.80. The number of anilines is 3. The molecule has 0 saturated heterocycles. The lowest BCUT2D eigenvalue weighted by Crippen LogP contribution is -2.29. The number of halogens is 2. The van der Waals surface area contributed by atoms with Crippen LogP contribution in [0.3, 0.4) is 0 Å². The Bertz CT molecular complexity index is 975. The van der Waals surface area contributed by atoms with Crippen molar-refractivity contribution in [2.24, 2.45) is 0 Å². The summed E-state index contributed by atoms with van der Waals surface area (Å²) in [4.78, 5) is 20.9. The Labute approximate surface area is 177 Å². The average Bonchev–Trinajstić information content (AvgIpc) is 2.98. The Morgan fingerprint density at radius 3 is 2.50 bits per heavy atom. The second kappa shape index (κ2) is 9.23. The van der Waals surface area contributed by atoms with Gasteiger partial charge in [0.1, 0.15) is 10.2 Å². The standard InChI is InChI=1S/C19H19Cl2N5OS/c1-11-3-5-13(6-4-11)25-16-9-12(2)24-19(26-16)23-8-7-22-18(27)14-10-15(20)28-17(14)21/h3-6,9-10H,7-8H2,1-2H3,(H,22,27)(H2,23,24,25,26). The van der Waals surface area contributed by atoms with Crippen LogP contribution in [-0.4, -0.2) is 29.0 Å². The SMILES string of the molecule is Cc1ccc(Nc2cc(C)nc(NCCNC(=O)c3cc(Cl)sc3Cl)n2)cc1. The lowest BCUT2D eigenvalue weighted by Gasteiger charge is -2.10. The van der Waals surface area contributed by atoms with E-state index >= 15 is 0 Å². The molecule has 3 N–H and O–H groups in total. The molecule has 28 heavy (non-hydrogen) atoms. The number of nitrogens with zero attached hydrogens (tertiary/aromatic N) is 2. The van der Waals surface area contributed by atoms with Gasteiger partial charge >= 0.3 is 0 Å². The summed E-state index contributed by atoms with van der Waals surface area (Å²) in [5.74, 6) is 0.921. The predicted octanol–water partition coefficient (Wildman–Crippen LogP) is 5.05. The molecule has 0 radical (unpaired) electrons. The average molecular weight is 436 g/mol. The fourth-order valence-electron chi connectivity index (χ4n) is 2.44. The number of aryl methyl sites for hydroxylation is 2. The Morgan fingerprint density at radius 2 is 1.82 bits per heavy atom. The maximum atomic E-state index is 12.1. The number of hydrogen-bond acceptors (Lipinski definition) is 6. The van der Waals surface area contributed by atoms with Crippen molar-refractivity contribution in [2.75, 3.05) is 23.7 Å². The smallest absolute Gasteiger partial charge is 0.253 e. The number of thiophene rings is 1. The Kier molecular flexibility index (Phi) is 6.72. The quantitative estimate of drug-likeness (QED) is 0.452. The van der Waals surface area contributed by atoms with Crippen LogP contribution in [0.4, 0.5) is 17.5 Å². The van der Waals surface area contributed by atoms with Crippen molar-refractivity contribution in [2.45, 2.75) is 13.8 Å². The fraction of sp³-hybridized carbons (Fsp3) is 0.211. The molecule has 0 atom stereocenters. The van der Waals surface area contributed by atoms with E-state index in [2.05, 4.69) is 25.9 Å². The van der Waals surface area contributed by atoms with Gasteiger partial charge in [-0.25, -0.2) is 4.98 Å². The summed E-state index contributed by atoms with van der Waals surface area (Å²) in [5.41, 5.74) is 3.36. The molecule has 0 bridgehead atoms. The van der Waals surface area contributed by atoms with Gasteiger partial charge in [-0.3, -0.25) is 4.79 Å². The van der Waals surface area contributed by atoms with Crippen molar-refractivity contribution in [3.63, 3.8) is 0 Å². The highest BCUT2D eigenvalue weighted by atomic mass is 35.5. The van der Waals surface area contributed by atoms with E-state index in [9.17, 15) is 4.79 Å². The van der Waals surface area contributed by atoms with Crippen LogP contribution >= 0.6 is 34.5 Å². The summed E-state index contributed by atoms with van der Waals surface area (Å²) in [6.07, 6.45) is 0. The molecule has 0 fully saturated rings. The molecule has 9 heteroatoms. The molecule has 3 rings (SSSR count). The molecule has 0 aliphatic carbocycles. The highest BCUT2D eigenvalue weighted by Gasteiger charge is 2.13. The molecular formula is C19H19Cl2N5OS. The lowest BCUT2D eigenvalue weighted by molar-refractivity contribution is 0.0955. The van der Waals surface area contributed by atoms with Gasteiger partial charge in [-0.15, -0.1) is 11.3 Å². The summed E-state index contributed by atoms with van der Waals surface area (Å²) >= 11 is 13.0. The van der Waals surface area contributed by atoms with Crippen LogP contribution in [0.1, 0.15) is 21.6 Å². The molecule has 6 nitrogen and oxygen atoms in total.